The number of halogens is 2. The summed E-state index contributed by atoms with van der Waals surface area (Å²) in [6.07, 6.45) is 7.56. The predicted octanol–water partition coefficient (Wildman–Crippen LogP) is 6.51. The molecule has 1 aromatic carbocycles. The number of hydrogen-bond acceptors (Lipinski definition) is 3. The van der Waals surface area contributed by atoms with Crippen LogP contribution in [0.2, 0.25) is 10.0 Å². The quantitative estimate of drug-likeness (QED) is 0.531. The number of nitrogens with zero attached hydrogens (tertiary/aromatic N) is 2. The maximum atomic E-state index is 13.2. The fraction of sp³-hybridized carbons (Fsp3) is 0.522. The van der Waals surface area contributed by atoms with Crippen molar-refractivity contribution in [2.24, 2.45) is 0 Å². The first-order chi connectivity index (χ1) is 14.0. The van der Waals surface area contributed by atoms with Crippen molar-refractivity contribution in [3.63, 3.8) is 0 Å². The van der Waals surface area contributed by atoms with Crippen molar-refractivity contribution >= 4 is 40.4 Å². The fourth-order valence-corrected chi connectivity index (χ4v) is 6.30. The zero-order chi connectivity index (χ0) is 20.4. The molecule has 6 heteroatoms. The van der Waals surface area contributed by atoms with Gasteiger partial charge in [0.1, 0.15) is 0 Å². The summed E-state index contributed by atoms with van der Waals surface area (Å²) in [5.74, 6) is 0.165. The smallest absolute Gasteiger partial charge is 0.264 e. The molecule has 2 aromatic rings. The van der Waals surface area contributed by atoms with Crippen LogP contribution in [0, 0.1) is 6.92 Å². The minimum atomic E-state index is 0.165. The van der Waals surface area contributed by atoms with Crippen molar-refractivity contribution in [2.75, 3.05) is 26.2 Å². The standard InChI is InChI=1S/C23H28Cl2N2OS/c1-16-14-21(19-7-6-17(24)15-20(19)25)29-22(16)23(28)27-12-8-18(9-13-27)26-10-4-2-3-5-11-26/h6-7,14-15,18H,2-5,8-13H2,1H3. The summed E-state index contributed by atoms with van der Waals surface area (Å²) in [5, 5.41) is 1.24. The van der Waals surface area contributed by atoms with E-state index in [4.69, 9.17) is 23.2 Å². The molecular formula is C23H28Cl2N2OS. The van der Waals surface area contributed by atoms with Crippen LogP contribution in [0.4, 0.5) is 0 Å². The lowest BCUT2D eigenvalue weighted by molar-refractivity contribution is 0.0627. The van der Waals surface area contributed by atoms with E-state index >= 15 is 0 Å². The molecule has 2 saturated heterocycles. The maximum Gasteiger partial charge on any atom is 0.264 e. The van der Waals surface area contributed by atoms with Crippen LogP contribution in [0.5, 0.6) is 0 Å². The molecule has 3 nitrogen and oxygen atoms in total. The van der Waals surface area contributed by atoms with Crippen LogP contribution >= 0.6 is 34.5 Å². The second-order valence-corrected chi connectivity index (χ2v) is 10.1. The van der Waals surface area contributed by atoms with Crippen LogP contribution in [0.25, 0.3) is 10.4 Å². The summed E-state index contributed by atoms with van der Waals surface area (Å²) in [4.78, 5) is 19.8. The Kier molecular flexibility index (Phi) is 6.85. The first kappa shape index (κ1) is 21.2. The Bertz CT molecular complexity index is 866. The highest BCUT2D eigenvalue weighted by molar-refractivity contribution is 7.17. The molecule has 0 spiro atoms. The van der Waals surface area contributed by atoms with E-state index in [-0.39, 0.29) is 5.91 Å². The van der Waals surface area contributed by atoms with Crippen molar-refractivity contribution < 1.29 is 4.79 Å². The molecule has 0 N–H and O–H groups in total. The third-order valence-corrected chi connectivity index (χ3v) is 8.02. The topological polar surface area (TPSA) is 23.6 Å². The van der Waals surface area contributed by atoms with Gasteiger partial charge in [0, 0.05) is 34.6 Å². The number of rotatable bonds is 3. The van der Waals surface area contributed by atoms with Gasteiger partial charge in [-0.15, -0.1) is 11.3 Å². The van der Waals surface area contributed by atoms with Gasteiger partial charge in [0.2, 0.25) is 0 Å². The van der Waals surface area contributed by atoms with E-state index in [1.165, 1.54) is 50.1 Å². The monoisotopic (exact) mass is 450 g/mol. The van der Waals surface area contributed by atoms with Crippen molar-refractivity contribution in [1.29, 1.82) is 0 Å². The van der Waals surface area contributed by atoms with Crippen LogP contribution < -0.4 is 0 Å². The van der Waals surface area contributed by atoms with E-state index in [2.05, 4.69) is 11.0 Å². The summed E-state index contributed by atoms with van der Waals surface area (Å²) in [7, 11) is 0. The zero-order valence-corrected chi connectivity index (χ0v) is 19.3. The zero-order valence-electron chi connectivity index (χ0n) is 16.9. The average molecular weight is 451 g/mol. The molecule has 2 fully saturated rings. The second kappa shape index (κ2) is 9.38. The molecule has 0 atom stereocenters. The summed E-state index contributed by atoms with van der Waals surface area (Å²) in [5.41, 5.74) is 1.96. The van der Waals surface area contributed by atoms with Gasteiger partial charge in [0.05, 0.1) is 9.90 Å². The van der Waals surface area contributed by atoms with Crippen LogP contribution in [-0.4, -0.2) is 47.9 Å². The summed E-state index contributed by atoms with van der Waals surface area (Å²) >= 11 is 13.9. The number of amides is 1. The van der Waals surface area contributed by atoms with E-state index in [9.17, 15) is 4.79 Å². The highest BCUT2D eigenvalue weighted by atomic mass is 35.5. The fourth-order valence-electron chi connectivity index (χ4n) is 4.55. The predicted molar refractivity (Wildman–Crippen MR) is 123 cm³/mol. The molecule has 4 rings (SSSR count). The minimum absolute atomic E-state index is 0.165. The average Bonchev–Trinajstić information content (AvgIpc) is 2.92. The largest absolute Gasteiger partial charge is 0.338 e. The molecule has 0 unspecified atom stereocenters. The summed E-state index contributed by atoms with van der Waals surface area (Å²) in [6.45, 7) is 6.19. The lowest BCUT2D eigenvalue weighted by Gasteiger charge is -2.38. The first-order valence-corrected chi connectivity index (χ1v) is 12.2. The van der Waals surface area contributed by atoms with Crippen molar-refractivity contribution in [3.05, 3.63) is 44.8 Å². The van der Waals surface area contributed by atoms with Gasteiger partial charge in [-0.3, -0.25) is 4.79 Å². The van der Waals surface area contributed by atoms with E-state index in [0.717, 1.165) is 46.8 Å². The number of likely N-dealkylation sites (tertiary alicyclic amines) is 2. The van der Waals surface area contributed by atoms with Crippen molar-refractivity contribution in [1.82, 2.24) is 9.80 Å². The van der Waals surface area contributed by atoms with Gasteiger partial charge in [0.15, 0.2) is 0 Å². The lowest BCUT2D eigenvalue weighted by Crippen LogP contribution is -2.47. The van der Waals surface area contributed by atoms with Gasteiger partial charge in [-0.1, -0.05) is 42.1 Å². The Labute approximate surface area is 187 Å². The molecule has 0 bridgehead atoms. The maximum absolute atomic E-state index is 13.2. The number of piperidine rings is 1. The molecule has 156 valence electrons. The molecule has 2 aliphatic heterocycles. The molecule has 0 saturated carbocycles. The van der Waals surface area contributed by atoms with Crippen molar-refractivity contribution in [2.45, 2.75) is 51.5 Å². The molecule has 0 radical (unpaired) electrons. The van der Waals surface area contributed by atoms with Gasteiger partial charge >= 0.3 is 0 Å². The Morgan fingerprint density at radius 2 is 1.69 bits per heavy atom. The highest BCUT2D eigenvalue weighted by Crippen LogP contribution is 2.37. The third-order valence-electron chi connectivity index (χ3n) is 6.22. The van der Waals surface area contributed by atoms with Gasteiger partial charge in [-0.05, 0) is 69.5 Å². The van der Waals surface area contributed by atoms with Gasteiger partial charge in [-0.2, -0.15) is 0 Å². The Morgan fingerprint density at radius 1 is 1.00 bits per heavy atom. The molecule has 1 amide bonds. The van der Waals surface area contributed by atoms with E-state index in [0.29, 0.717) is 16.1 Å². The highest BCUT2D eigenvalue weighted by Gasteiger charge is 2.29. The van der Waals surface area contributed by atoms with Crippen molar-refractivity contribution in [3.8, 4) is 10.4 Å². The number of aryl methyl sites for hydroxylation is 1. The van der Waals surface area contributed by atoms with E-state index in [1.54, 1.807) is 6.07 Å². The number of carbonyl (C=O) groups is 1. The van der Waals surface area contributed by atoms with E-state index < -0.39 is 0 Å². The number of benzene rings is 1. The van der Waals surface area contributed by atoms with Gasteiger partial charge < -0.3 is 9.80 Å². The van der Waals surface area contributed by atoms with Crippen LogP contribution in [0.3, 0.4) is 0 Å². The number of thiophene rings is 1. The third kappa shape index (κ3) is 4.82. The minimum Gasteiger partial charge on any atom is -0.338 e. The van der Waals surface area contributed by atoms with Gasteiger partial charge in [-0.25, -0.2) is 0 Å². The molecular weight excluding hydrogens is 423 g/mol. The lowest BCUT2D eigenvalue weighted by atomic mass is 10.0. The first-order valence-electron chi connectivity index (χ1n) is 10.6. The molecule has 1 aromatic heterocycles. The SMILES string of the molecule is Cc1cc(-c2ccc(Cl)cc2Cl)sc1C(=O)N1CCC(N2CCCCCC2)CC1. The number of hydrogen-bond donors (Lipinski definition) is 0. The second-order valence-electron chi connectivity index (χ2n) is 8.22. The van der Waals surface area contributed by atoms with Gasteiger partial charge in [0.25, 0.3) is 5.91 Å². The van der Waals surface area contributed by atoms with Crippen LogP contribution in [0.1, 0.15) is 53.8 Å². The molecule has 3 heterocycles. The molecule has 2 aliphatic rings. The number of carbonyl (C=O) groups excluding carboxylic acids is 1. The summed E-state index contributed by atoms with van der Waals surface area (Å²) < 4.78 is 0. The normalized spacial score (nSPS) is 19.3. The Hall–Kier alpha value is -1.07. The molecule has 29 heavy (non-hydrogen) atoms. The van der Waals surface area contributed by atoms with Crippen LogP contribution in [-0.2, 0) is 0 Å². The van der Waals surface area contributed by atoms with Crippen LogP contribution in [0.15, 0.2) is 24.3 Å². The summed E-state index contributed by atoms with van der Waals surface area (Å²) in [6, 6.07) is 8.23. The van der Waals surface area contributed by atoms with E-state index in [1.807, 2.05) is 24.0 Å². The molecule has 0 aliphatic carbocycles. The Morgan fingerprint density at radius 3 is 2.34 bits per heavy atom. The Balaban J connectivity index is 1.43.